The highest BCUT2D eigenvalue weighted by molar-refractivity contribution is 5.96. The zero-order valence-corrected chi connectivity index (χ0v) is 23.2. The monoisotopic (exact) mass is 531 g/mol. The molecule has 4 rings (SSSR count). The Morgan fingerprint density at radius 1 is 0.897 bits per heavy atom. The molecule has 0 saturated carbocycles. The Balaban J connectivity index is 1.39. The third-order valence-electron chi connectivity index (χ3n) is 6.72. The second-order valence-corrected chi connectivity index (χ2v) is 10.0. The van der Waals surface area contributed by atoms with E-state index in [1.165, 1.54) is 0 Å². The predicted octanol–water partition coefficient (Wildman–Crippen LogP) is 4.00. The maximum atomic E-state index is 13.3. The van der Waals surface area contributed by atoms with E-state index >= 15 is 0 Å². The summed E-state index contributed by atoms with van der Waals surface area (Å²) in [6.07, 6.45) is 0.807. The molecule has 3 aromatic rings. The van der Waals surface area contributed by atoms with Crippen LogP contribution in [0.1, 0.15) is 30.6 Å². The summed E-state index contributed by atoms with van der Waals surface area (Å²) in [5.41, 5.74) is 2.22. The van der Waals surface area contributed by atoms with Crippen molar-refractivity contribution < 1.29 is 19.1 Å². The predicted molar refractivity (Wildman–Crippen MR) is 151 cm³/mol. The zero-order valence-electron chi connectivity index (χ0n) is 23.2. The Kier molecular flexibility index (Phi) is 9.35. The van der Waals surface area contributed by atoms with Gasteiger partial charge in [-0.25, -0.2) is 0 Å². The lowest BCUT2D eigenvalue weighted by molar-refractivity contribution is -0.131. The molecule has 2 heterocycles. The van der Waals surface area contributed by atoms with Crippen LogP contribution in [0, 0.1) is 5.92 Å². The molecule has 1 aliphatic heterocycles. The minimum atomic E-state index is -0.112. The molecule has 0 aliphatic carbocycles. The minimum Gasteiger partial charge on any atom is -0.493 e. The van der Waals surface area contributed by atoms with Gasteiger partial charge in [0.25, 0.3) is 5.91 Å². The van der Waals surface area contributed by atoms with E-state index in [1.54, 1.807) is 31.3 Å². The van der Waals surface area contributed by atoms with Crippen LogP contribution in [0.3, 0.4) is 0 Å². The summed E-state index contributed by atoms with van der Waals surface area (Å²) >= 11 is 0. The van der Waals surface area contributed by atoms with Crippen LogP contribution in [-0.4, -0.2) is 85.3 Å². The molecular weight excluding hydrogens is 494 g/mol. The molecule has 0 atom stereocenters. The van der Waals surface area contributed by atoms with E-state index < -0.39 is 0 Å². The average Bonchev–Trinajstić information content (AvgIpc) is 3.23. The number of aromatic nitrogens is 2. The van der Waals surface area contributed by atoms with Gasteiger partial charge in [0.1, 0.15) is 6.54 Å². The van der Waals surface area contributed by atoms with Crippen LogP contribution in [0.15, 0.2) is 60.7 Å². The van der Waals surface area contributed by atoms with E-state index in [-0.39, 0.29) is 24.3 Å². The van der Waals surface area contributed by atoms with Crippen LogP contribution in [0.2, 0.25) is 0 Å². The van der Waals surface area contributed by atoms with E-state index in [2.05, 4.69) is 28.9 Å². The summed E-state index contributed by atoms with van der Waals surface area (Å²) < 4.78 is 10.7. The summed E-state index contributed by atoms with van der Waals surface area (Å²) in [5, 5.41) is 8.92. The van der Waals surface area contributed by atoms with Crippen molar-refractivity contribution in [3.8, 4) is 22.8 Å². The molecule has 1 fully saturated rings. The minimum absolute atomic E-state index is 0.0309. The number of rotatable bonds is 9. The summed E-state index contributed by atoms with van der Waals surface area (Å²) in [4.78, 5) is 32.1. The Morgan fingerprint density at radius 2 is 1.67 bits per heavy atom. The Bertz CT molecular complexity index is 1250. The molecule has 206 valence electrons. The average molecular weight is 532 g/mol. The van der Waals surface area contributed by atoms with Crippen LogP contribution in [0.25, 0.3) is 11.3 Å². The van der Waals surface area contributed by atoms with Gasteiger partial charge >= 0.3 is 0 Å². The van der Waals surface area contributed by atoms with Gasteiger partial charge < -0.3 is 24.2 Å². The molecule has 0 radical (unpaired) electrons. The molecule has 1 aromatic heterocycles. The first-order valence-electron chi connectivity index (χ1n) is 13.3. The molecule has 0 unspecified atom stereocenters. The Labute approximate surface area is 230 Å². The highest BCUT2D eigenvalue weighted by atomic mass is 16.5. The number of methoxy groups -OCH3 is 2. The highest BCUT2D eigenvalue weighted by Crippen LogP contribution is 2.31. The number of carbonyl (C=O) groups is 2. The third-order valence-corrected chi connectivity index (χ3v) is 6.72. The van der Waals surface area contributed by atoms with Crippen molar-refractivity contribution in [2.24, 2.45) is 5.92 Å². The molecule has 1 aliphatic rings. The zero-order chi connectivity index (χ0) is 27.8. The van der Waals surface area contributed by atoms with Gasteiger partial charge in [-0.05, 0) is 54.8 Å². The highest BCUT2D eigenvalue weighted by Gasteiger charge is 2.25. The summed E-state index contributed by atoms with van der Waals surface area (Å²) in [6.45, 7) is 7.33. The lowest BCUT2D eigenvalue weighted by Gasteiger charge is -2.28. The van der Waals surface area contributed by atoms with Crippen molar-refractivity contribution in [3.05, 3.63) is 66.2 Å². The quantitative estimate of drug-likeness (QED) is 0.412. The fraction of sp³-hybridized carbons (Fsp3) is 0.400. The number of hydrogen-bond acceptors (Lipinski definition) is 7. The van der Waals surface area contributed by atoms with E-state index in [0.29, 0.717) is 43.2 Å². The summed E-state index contributed by atoms with van der Waals surface area (Å²) in [6, 6.07) is 18.7. The van der Waals surface area contributed by atoms with Crippen molar-refractivity contribution in [3.63, 3.8) is 0 Å². The first-order chi connectivity index (χ1) is 18.9. The lowest BCUT2D eigenvalue weighted by atomic mass is 10.1. The van der Waals surface area contributed by atoms with Gasteiger partial charge in [-0.2, -0.15) is 0 Å². The van der Waals surface area contributed by atoms with Crippen LogP contribution < -0.4 is 14.4 Å². The van der Waals surface area contributed by atoms with Crippen molar-refractivity contribution >= 4 is 17.6 Å². The maximum Gasteiger partial charge on any atom is 0.254 e. The molecule has 0 bridgehead atoms. The number of nitrogens with zero attached hydrogens (tertiary/aromatic N) is 5. The first-order valence-corrected chi connectivity index (χ1v) is 13.3. The van der Waals surface area contributed by atoms with Crippen LogP contribution >= 0.6 is 0 Å². The molecule has 9 heteroatoms. The number of hydrogen-bond donors (Lipinski definition) is 0. The van der Waals surface area contributed by atoms with E-state index in [0.717, 1.165) is 30.0 Å². The molecule has 1 saturated heterocycles. The normalized spacial score (nSPS) is 13.7. The summed E-state index contributed by atoms with van der Waals surface area (Å²) in [5.74, 6) is 2.18. The van der Waals surface area contributed by atoms with Gasteiger partial charge in [0.05, 0.1) is 19.9 Å². The van der Waals surface area contributed by atoms with Crippen LogP contribution in [-0.2, 0) is 4.79 Å². The third kappa shape index (κ3) is 7.04. The van der Waals surface area contributed by atoms with Gasteiger partial charge in [-0.3, -0.25) is 9.59 Å². The number of ether oxygens (including phenoxy) is 2. The van der Waals surface area contributed by atoms with E-state index in [9.17, 15) is 9.59 Å². The Morgan fingerprint density at radius 3 is 2.33 bits per heavy atom. The Hall–Kier alpha value is -4.14. The van der Waals surface area contributed by atoms with Gasteiger partial charge in [-0.15, -0.1) is 10.2 Å². The van der Waals surface area contributed by atoms with Crippen molar-refractivity contribution in [1.82, 2.24) is 20.0 Å². The SMILES string of the molecule is COc1ccc(-c2ccc(N3CCCN(C(=O)CN(CC(C)C)C(=O)c4ccccc4)CC3)nn2)cc1OC. The van der Waals surface area contributed by atoms with Gasteiger partial charge in [0.2, 0.25) is 5.91 Å². The fourth-order valence-electron chi connectivity index (χ4n) is 4.73. The van der Waals surface area contributed by atoms with Crippen molar-refractivity contribution in [2.75, 3.05) is 58.4 Å². The maximum absolute atomic E-state index is 13.3. The first kappa shape index (κ1) is 27.9. The topological polar surface area (TPSA) is 88.1 Å². The molecule has 9 nitrogen and oxygen atoms in total. The standard InChI is InChI=1S/C30H37N5O4/c1-22(2)20-35(30(37)23-9-6-5-7-10-23)21-29(36)34-16-8-15-33(17-18-34)28-14-12-25(31-32-28)24-11-13-26(38-3)27(19-24)39-4/h5-7,9-14,19,22H,8,15-18,20-21H2,1-4H3. The second-order valence-electron chi connectivity index (χ2n) is 10.0. The van der Waals surface area contributed by atoms with Gasteiger partial charge in [0.15, 0.2) is 17.3 Å². The van der Waals surface area contributed by atoms with E-state index in [4.69, 9.17) is 9.47 Å². The van der Waals surface area contributed by atoms with Crippen molar-refractivity contribution in [2.45, 2.75) is 20.3 Å². The second kappa shape index (κ2) is 13.1. The largest absolute Gasteiger partial charge is 0.493 e. The molecular formula is C30H37N5O4. The lowest BCUT2D eigenvalue weighted by Crippen LogP contribution is -2.45. The molecule has 2 amide bonds. The number of anilines is 1. The van der Waals surface area contributed by atoms with Gasteiger partial charge in [-0.1, -0.05) is 32.0 Å². The van der Waals surface area contributed by atoms with Crippen molar-refractivity contribution in [1.29, 1.82) is 0 Å². The molecule has 39 heavy (non-hydrogen) atoms. The van der Waals surface area contributed by atoms with Gasteiger partial charge in [0, 0.05) is 43.9 Å². The number of amides is 2. The summed E-state index contributed by atoms with van der Waals surface area (Å²) in [7, 11) is 3.21. The van der Waals surface area contributed by atoms with E-state index in [1.807, 2.05) is 53.4 Å². The smallest absolute Gasteiger partial charge is 0.254 e. The number of carbonyl (C=O) groups excluding carboxylic acids is 2. The molecule has 0 N–H and O–H groups in total. The number of benzene rings is 2. The molecule has 0 spiro atoms. The van der Waals surface area contributed by atoms with Crippen LogP contribution in [0.5, 0.6) is 11.5 Å². The fourth-order valence-corrected chi connectivity index (χ4v) is 4.73. The van der Waals surface area contributed by atoms with Crippen LogP contribution in [0.4, 0.5) is 5.82 Å². The molecule has 2 aromatic carbocycles.